The second-order valence-electron chi connectivity index (χ2n) is 5.26. The topological polar surface area (TPSA) is 81.8 Å². The van der Waals surface area contributed by atoms with E-state index in [9.17, 15) is 9.59 Å². The summed E-state index contributed by atoms with van der Waals surface area (Å²) in [4.78, 5) is 28.2. The van der Waals surface area contributed by atoms with Crippen LogP contribution in [0.3, 0.4) is 0 Å². The van der Waals surface area contributed by atoms with Crippen molar-refractivity contribution in [1.29, 1.82) is 0 Å². The van der Waals surface area contributed by atoms with E-state index < -0.39 is 11.9 Å². The molecule has 1 unspecified atom stereocenters. The molecule has 1 atom stereocenters. The molecule has 0 aliphatic carbocycles. The maximum atomic E-state index is 12.0. The number of hydrogen-bond acceptors (Lipinski definition) is 5. The first-order valence-electron chi connectivity index (χ1n) is 6.65. The fourth-order valence-corrected chi connectivity index (χ4v) is 2.20. The van der Waals surface area contributed by atoms with Crippen molar-refractivity contribution in [3.8, 4) is 0 Å². The standard InChI is InChI=1S/C16H18N2O3/c1-8-5-12(17)13(6-9(8)2)18-11(4)15-14(19)7-10(3)21-16(15)20/h5-7,15H,17H2,1-4H3. The van der Waals surface area contributed by atoms with E-state index in [4.69, 9.17) is 10.5 Å². The van der Waals surface area contributed by atoms with Gasteiger partial charge in [0.05, 0.1) is 11.4 Å². The van der Waals surface area contributed by atoms with Crippen molar-refractivity contribution < 1.29 is 14.3 Å². The first kappa shape index (κ1) is 15.0. The van der Waals surface area contributed by atoms with E-state index in [1.54, 1.807) is 13.8 Å². The Morgan fingerprint density at radius 2 is 1.81 bits per heavy atom. The minimum Gasteiger partial charge on any atom is -0.430 e. The molecule has 0 spiro atoms. The van der Waals surface area contributed by atoms with Crippen molar-refractivity contribution in [3.63, 3.8) is 0 Å². The van der Waals surface area contributed by atoms with Gasteiger partial charge in [0.2, 0.25) is 0 Å². The molecule has 2 N–H and O–H groups in total. The Hall–Kier alpha value is -2.43. The molecule has 1 aliphatic rings. The molecule has 1 aliphatic heterocycles. The van der Waals surface area contributed by atoms with E-state index in [-0.39, 0.29) is 5.78 Å². The molecule has 0 saturated heterocycles. The number of aliphatic imine (C=N–C) groups is 1. The maximum absolute atomic E-state index is 12.0. The fourth-order valence-electron chi connectivity index (χ4n) is 2.20. The number of ketones is 1. The number of carbonyl (C=O) groups excluding carboxylic acids is 2. The van der Waals surface area contributed by atoms with Gasteiger partial charge in [0.15, 0.2) is 11.7 Å². The van der Waals surface area contributed by atoms with E-state index in [0.717, 1.165) is 11.1 Å². The molecule has 0 saturated carbocycles. The van der Waals surface area contributed by atoms with Gasteiger partial charge in [0, 0.05) is 11.8 Å². The Bertz CT molecular complexity index is 687. The highest BCUT2D eigenvalue weighted by Crippen LogP contribution is 2.27. The highest BCUT2D eigenvalue weighted by molar-refractivity contribution is 6.23. The van der Waals surface area contributed by atoms with Crippen LogP contribution in [0.25, 0.3) is 0 Å². The van der Waals surface area contributed by atoms with Crippen molar-refractivity contribution in [2.24, 2.45) is 10.9 Å². The Kier molecular flexibility index (Phi) is 3.93. The number of hydrogen-bond donors (Lipinski definition) is 1. The summed E-state index contributed by atoms with van der Waals surface area (Å²) in [5.41, 5.74) is 9.50. The van der Waals surface area contributed by atoms with Gasteiger partial charge in [-0.05, 0) is 51.0 Å². The first-order chi connectivity index (χ1) is 9.79. The number of rotatable bonds is 2. The second kappa shape index (κ2) is 5.52. The van der Waals surface area contributed by atoms with Gasteiger partial charge < -0.3 is 10.5 Å². The quantitative estimate of drug-likeness (QED) is 0.392. The molecule has 0 bridgehead atoms. The summed E-state index contributed by atoms with van der Waals surface area (Å²) in [6, 6.07) is 3.67. The number of esters is 1. The average molecular weight is 286 g/mol. The Labute approximate surface area is 123 Å². The number of allylic oxidation sites excluding steroid dienone is 2. The van der Waals surface area contributed by atoms with E-state index in [1.165, 1.54) is 6.08 Å². The zero-order valence-electron chi connectivity index (χ0n) is 12.6. The number of nitrogens with two attached hydrogens (primary N) is 1. The molecular weight excluding hydrogens is 268 g/mol. The summed E-state index contributed by atoms with van der Waals surface area (Å²) >= 11 is 0. The Morgan fingerprint density at radius 1 is 1.19 bits per heavy atom. The average Bonchev–Trinajstić information content (AvgIpc) is 2.34. The number of carbonyl (C=O) groups is 2. The molecule has 110 valence electrons. The van der Waals surface area contributed by atoms with Crippen molar-refractivity contribution in [1.82, 2.24) is 0 Å². The van der Waals surface area contributed by atoms with Gasteiger partial charge in [-0.1, -0.05) is 0 Å². The predicted molar refractivity (Wildman–Crippen MR) is 81.4 cm³/mol. The molecule has 0 fully saturated rings. The summed E-state index contributed by atoms with van der Waals surface area (Å²) in [5.74, 6) is -1.59. The number of nitrogens with zero attached hydrogens (tertiary/aromatic N) is 1. The van der Waals surface area contributed by atoms with Crippen molar-refractivity contribution >= 4 is 28.8 Å². The fraction of sp³-hybridized carbons (Fsp3) is 0.312. The van der Waals surface area contributed by atoms with Crippen LogP contribution in [0.4, 0.5) is 11.4 Å². The lowest BCUT2D eigenvalue weighted by molar-refractivity contribution is -0.146. The van der Waals surface area contributed by atoms with Crippen LogP contribution in [-0.2, 0) is 14.3 Å². The molecule has 0 aromatic heterocycles. The summed E-state index contributed by atoms with van der Waals surface area (Å²) < 4.78 is 4.99. The third-order valence-electron chi connectivity index (χ3n) is 3.48. The monoisotopic (exact) mass is 286 g/mol. The van der Waals surface area contributed by atoms with E-state index >= 15 is 0 Å². The van der Waals surface area contributed by atoms with Crippen LogP contribution >= 0.6 is 0 Å². The maximum Gasteiger partial charge on any atom is 0.327 e. The third-order valence-corrected chi connectivity index (χ3v) is 3.48. The zero-order chi connectivity index (χ0) is 15.7. The van der Waals surface area contributed by atoms with Crippen molar-refractivity contribution in [2.45, 2.75) is 27.7 Å². The number of benzene rings is 1. The van der Waals surface area contributed by atoms with Crippen LogP contribution in [0.15, 0.2) is 29.0 Å². The highest BCUT2D eigenvalue weighted by Gasteiger charge is 2.33. The summed E-state index contributed by atoms with van der Waals surface area (Å²) in [6.07, 6.45) is 1.31. The van der Waals surface area contributed by atoms with Crippen LogP contribution in [0, 0.1) is 19.8 Å². The van der Waals surface area contributed by atoms with E-state index in [2.05, 4.69) is 4.99 Å². The first-order valence-corrected chi connectivity index (χ1v) is 6.65. The smallest absolute Gasteiger partial charge is 0.327 e. The molecule has 1 aromatic rings. The van der Waals surface area contributed by atoms with E-state index in [1.807, 2.05) is 26.0 Å². The summed E-state index contributed by atoms with van der Waals surface area (Å²) in [5, 5.41) is 0. The predicted octanol–water partition coefficient (Wildman–Crippen LogP) is 2.62. The lowest BCUT2D eigenvalue weighted by atomic mass is 9.96. The number of aryl methyl sites for hydroxylation is 2. The van der Waals surface area contributed by atoms with Gasteiger partial charge >= 0.3 is 5.97 Å². The van der Waals surface area contributed by atoms with Crippen molar-refractivity contribution in [2.75, 3.05) is 5.73 Å². The van der Waals surface area contributed by atoms with Gasteiger partial charge in [-0.25, -0.2) is 0 Å². The summed E-state index contributed by atoms with van der Waals surface area (Å²) in [6.45, 7) is 7.11. The normalized spacial score (nSPS) is 19.3. The molecule has 5 nitrogen and oxygen atoms in total. The Balaban J connectivity index is 2.40. The van der Waals surface area contributed by atoms with Crippen LogP contribution in [0.5, 0.6) is 0 Å². The third kappa shape index (κ3) is 3.02. The highest BCUT2D eigenvalue weighted by atomic mass is 16.5. The zero-order valence-corrected chi connectivity index (χ0v) is 12.6. The molecule has 1 aromatic carbocycles. The van der Waals surface area contributed by atoms with Crippen LogP contribution in [-0.4, -0.2) is 17.5 Å². The number of anilines is 1. The number of ether oxygens (including phenoxy) is 1. The molecule has 0 radical (unpaired) electrons. The largest absolute Gasteiger partial charge is 0.430 e. The van der Waals surface area contributed by atoms with E-state index in [0.29, 0.717) is 22.8 Å². The van der Waals surface area contributed by atoms with Crippen molar-refractivity contribution in [3.05, 3.63) is 35.1 Å². The number of cyclic esters (lactones) is 1. The minimum absolute atomic E-state index is 0.305. The number of nitrogen functional groups attached to an aromatic ring is 1. The van der Waals surface area contributed by atoms with Gasteiger partial charge in [0.25, 0.3) is 0 Å². The lowest BCUT2D eigenvalue weighted by Crippen LogP contribution is -2.34. The SMILES string of the molecule is CC1=CC(=O)C(C(C)=Nc2cc(C)c(C)cc2N)C(=O)O1. The van der Waals surface area contributed by atoms with Gasteiger partial charge in [-0.15, -0.1) is 0 Å². The van der Waals surface area contributed by atoms with Crippen LogP contribution in [0.2, 0.25) is 0 Å². The van der Waals surface area contributed by atoms with Crippen LogP contribution < -0.4 is 5.73 Å². The molecule has 21 heavy (non-hydrogen) atoms. The van der Waals surface area contributed by atoms with Gasteiger partial charge in [0.1, 0.15) is 5.76 Å². The minimum atomic E-state index is -0.991. The molecular formula is C16H18N2O3. The van der Waals surface area contributed by atoms with Gasteiger partial charge in [-0.3, -0.25) is 14.6 Å². The Morgan fingerprint density at radius 3 is 2.43 bits per heavy atom. The molecule has 5 heteroatoms. The second-order valence-corrected chi connectivity index (χ2v) is 5.26. The van der Waals surface area contributed by atoms with Gasteiger partial charge in [-0.2, -0.15) is 0 Å². The summed E-state index contributed by atoms with van der Waals surface area (Å²) in [7, 11) is 0. The molecule has 2 rings (SSSR count). The molecule has 1 heterocycles. The lowest BCUT2D eigenvalue weighted by Gasteiger charge is -2.18. The molecule has 0 amide bonds. The van der Waals surface area contributed by atoms with Crippen LogP contribution in [0.1, 0.15) is 25.0 Å².